The summed E-state index contributed by atoms with van der Waals surface area (Å²) in [5.41, 5.74) is 0.831. The number of hydrogen-bond acceptors (Lipinski definition) is 2. The Hall–Kier alpha value is 0.137. The van der Waals surface area contributed by atoms with Crippen molar-refractivity contribution in [1.82, 2.24) is 9.55 Å². The van der Waals surface area contributed by atoms with Crippen LogP contribution < -0.4 is 4.98 Å². The number of nitrogens with one attached hydrogen (secondary N) is 1. The number of hydrogen-bond donors (Lipinski definition) is 1. The molecule has 2 nitrogen and oxygen atoms in total. The van der Waals surface area contributed by atoms with Crippen LogP contribution in [0.2, 0.25) is 11.6 Å². The maximum absolute atomic E-state index is 3.81. The second-order valence-electron chi connectivity index (χ2n) is 4.41. The molecular formula is C11H28N2Si. The highest BCUT2D eigenvalue weighted by atomic mass is 28.3. The lowest BCUT2D eigenvalue weighted by Crippen LogP contribution is -2.63. The third kappa shape index (κ3) is 3.07. The Morgan fingerprint density at radius 2 is 1.79 bits per heavy atom. The standard InChI is InChI=1S/C11H28N2Si/c1-7-10-14(12-9-3,13(5)6)11(4)8-2/h11-12H,7-10H2,1-6H3. The average Bonchev–Trinajstić information content (AvgIpc) is 2.15. The molecule has 0 heterocycles. The molecule has 1 N–H and O–H groups in total. The van der Waals surface area contributed by atoms with Crippen molar-refractivity contribution in [2.24, 2.45) is 0 Å². The maximum atomic E-state index is 3.81. The lowest BCUT2D eigenvalue weighted by molar-refractivity contribution is 0.541. The summed E-state index contributed by atoms with van der Waals surface area (Å²) in [7, 11) is 3.10. The Kier molecular flexibility index (Phi) is 6.65. The van der Waals surface area contributed by atoms with Crippen LogP contribution in [0.15, 0.2) is 0 Å². The van der Waals surface area contributed by atoms with Gasteiger partial charge in [0.25, 0.3) is 0 Å². The Morgan fingerprint density at radius 1 is 1.21 bits per heavy atom. The van der Waals surface area contributed by atoms with Gasteiger partial charge in [-0.25, -0.2) is 0 Å². The minimum atomic E-state index is -1.39. The summed E-state index contributed by atoms with van der Waals surface area (Å²) in [6, 6.07) is 1.36. The van der Waals surface area contributed by atoms with Gasteiger partial charge in [0.2, 0.25) is 8.40 Å². The minimum absolute atomic E-state index is 0.831. The van der Waals surface area contributed by atoms with E-state index >= 15 is 0 Å². The van der Waals surface area contributed by atoms with Crippen LogP contribution >= 0.6 is 0 Å². The largest absolute Gasteiger partial charge is 0.325 e. The molecule has 0 saturated carbocycles. The lowest BCUT2D eigenvalue weighted by Gasteiger charge is -2.42. The molecule has 14 heavy (non-hydrogen) atoms. The first-order valence-corrected chi connectivity index (χ1v) is 8.20. The molecule has 0 spiro atoms. The zero-order valence-corrected chi connectivity index (χ0v) is 11.9. The molecule has 3 heteroatoms. The first-order chi connectivity index (χ1) is 6.55. The van der Waals surface area contributed by atoms with E-state index in [9.17, 15) is 0 Å². The summed E-state index contributed by atoms with van der Waals surface area (Å²) >= 11 is 0. The van der Waals surface area contributed by atoms with Gasteiger partial charge in [-0.3, -0.25) is 0 Å². The second-order valence-corrected chi connectivity index (χ2v) is 8.99. The first-order valence-electron chi connectivity index (χ1n) is 5.97. The zero-order chi connectivity index (χ0) is 11.2. The van der Waals surface area contributed by atoms with Crippen molar-refractivity contribution in [3.05, 3.63) is 0 Å². The average molecular weight is 216 g/mol. The Labute approximate surface area is 91.2 Å². The minimum Gasteiger partial charge on any atom is -0.325 e. The molecule has 0 saturated heterocycles. The van der Waals surface area contributed by atoms with Crippen molar-refractivity contribution < 1.29 is 0 Å². The third-order valence-corrected chi connectivity index (χ3v) is 9.20. The summed E-state index contributed by atoms with van der Waals surface area (Å²) in [6.07, 6.45) is 2.58. The van der Waals surface area contributed by atoms with Gasteiger partial charge >= 0.3 is 0 Å². The van der Waals surface area contributed by atoms with E-state index in [-0.39, 0.29) is 0 Å². The van der Waals surface area contributed by atoms with Crippen LogP contribution in [0.5, 0.6) is 0 Å². The van der Waals surface area contributed by atoms with Crippen molar-refractivity contribution in [3.8, 4) is 0 Å². The number of rotatable bonds is 7. The van der Waals surface area contributed by atoms with Crippen LogP contribution in [-0.2, 0) is 0 Å². The van der Waals surface area contributed by atoms with Crippen LogP contribution in [-0.4, -0.2) is 33.6 Å². The summed E-state index contributed by atoms with van der Waals surface area (Å²) in [4.78, 5) is 3.81. The second kappa shape index (κ2) is 6.59. The highest BCUT2D eigenvalue weighted by Crippen LogP contribution is 2.28. The molecule has 0 rings (SSSR count). The van der Waals surface area contributed by atoms with Gasteiger partial charge in [0.05, 0.1) is 0 Å². The predicted octanol–water partition coefficient (Wildman–Crippen LogP) is 2.81. The molecule has 0 aliphatic carbocycles. The summed E-state index contributed by atoms with van der Waals surface area (Å²) in [5.74, 6) is 0. The molecule has 0 aromatic rings. The van der Waals surface area contributed by atoms with Gasteiger partial charge in [-0.05, 0) is 32.2 Å². The highest BCUT2D eigenvalue weighted by Gasteiger charge is 2.39. The van der Waals surface area contributed by atoms with Crippen molar-refractivity contribution in [3.63, 3.8) is 0 Å². The van der Waals surface area contributed by atoms with E-state index in [1.807, 2.05) is 0 Å². The van der Waals surface area contributed by atoms with Gasteiger partial charge < -0.3 is 9.55 Å². The molecule has 0 radical (unpaired) electrons. The zero-order valence-electron chi connectivity index (χ0n) is 10.9. The monoisotopic (exact) mass is 216 g/mol. The normalized spacial score (nSPS) is 18.2. The lowest BCUT2D eigenvalue weighted by atomic mass is 10.4. The van der Waals surface area contributed by atoms with Gasteiger partial charge in [0, 0.05) is 0 Å². The van der Waals surface area contributed by atoms with Crippen molar-refractivity contribution >= 4 is 8.40 Å². The molecule has 0 aliphatic heterocycles. The van der Waals surface area contributed by atoms with Crippen molar-refractivity contribution in [1.29, 1.82) is 0 Å². The van der Waals surface area contributed by atoms with Gasteiger partial charge in [0.1, 0.15) is 0 Å². The van der Waals surface area contributed by atoms with E-state index < -0.39 is 8.40 Å². The Bertz CT molecular complexity index is 142. The molecular weight excluding hydrogens is 188 g/mol. The fourth-order valence-corrected chi connectivity index (χ4v) is 7.07. The third-order valence-electron chi connectivity index (χ3n) is 3.34. The predicted molar refractivity (Wildman–Crippen MR) is 67.9 cm³/mol. The smallest absolute Gasteiger partial charge is 0.206 e. The fraction of sp³-hybridized carbons (Fsp3) is 1.00. The molecule has 0 amide bonds. The molecule has 0 aromatic heterocycles. The maximum Gasteiger partial charge on any atom is 0.206 e. The van der Waals surface area contributed by atoms with Gasteiger partial charge in [-0.2, -0.15) is 0 Å². The van der Waals surface area contributed by atoms with Gasteiger partial charge in [-0.15, -0.1) is 0 Å². The van der Waals surface area contributed by atoms with E-state index in [4.69, 9.17) is 0 Å². The van der Waals surface area contributed by atoms with Crippen LogP contribution in [0.1, 0.15) is 40.5 Å². The van der Waals surface area contributed by atoms with E-state index in [1.54, 1.807) is 0 Å². The summed E-state index contributed by atoms with van der Waals surface area (Å²) in [5, 5.41) is 0. The van der Waals surface area contributed by atoms with E-state index in [0.717, 1.165) is 12.1 Å². The molecule has 0 aliphatic rings. The van der Waals surface area contributed by atoms with Crippen LogP contribution in [0.4, 0.5) is 0 Å². The van der Waals surface area contributed by atoms with Crippen LogP contribution in [0.3, 0.4) is 0 Å². The summed E-state index contributed by atoms with van der Waals surface area (Å²) in [6.45, 7) is 10.3. The van der Waals surface area contributed by atoms with Crippen LogP contribution in [0.25, 0.3) is 0 Å². The quantitative estimate of drug-likeness (QED) is 0.658. The van der Waals surface area contributed by atoms with Crippen molar-refractivity contribution in [2.75, 3.05) is 20.6 Å². The van der Waals surface area contributed by atoms with Crippen molar-refractivity contribution in [2.45, 2.75) is 52.1 Å². The Balaban J connectivity index is 4.72. The topological polar surface area (TPSA) is 15.3 Å². The SMILES string of the molecule is CCC[Si](NCC)(C(C)CC)N(C)C. The molecule has 0 bridgehead atoms. The fourth-order valence-electron chi connectivity index (χ4n) is 2.36. The first kappa shape index (κ1) is 14.1. The molecule has 86 valence electrons. The van der Waals surface area contributed by atoms with Crippen LogP contribution in [0, 0.1) is 0 Å². The number of nitrogens with zero attached hydrogens (tertiary/aromatic N) is 1. The molecule has 2 unspecified atom stereocenters. The molecule has 0 fully saturated rings. The van der Waals surface area contributed by atoms with E-state index in [1.165, 1.54) is 18.9 Å². The van der Waals surface area contributed by atoms with Gasteiger partial charge in [0.15, 0.2) is 0 Å². The van der Waals surface area contributed by atoms with E-state index in [0.29, 0.717) is 0 Å². The van der Waals surface area contributed by atoms with E-state index in [2.05, 4.69) is 51.3 Å². The Morgan fingerprint density at radius 3 is 2.07 bits per heavy atom. The van der Waals surface area contributed by atoms with Gasteiger partial charge in [-0.1, -0.05) is 40.5 Å². The highest BCUT2D eigenvalue weighted by molar-refractivity contribution is 6.76. The molecule has 2 atom stereocenters. The summed E-state index contributed by atoms with van der Waals surface area (Å²) < 4.78 is 2.49. The molecule has 0 aromatic carbocycles.